The Labute approximate surface area is 141 Å². The number of hydrogen-bond acceptors (Lipinski definition) is 2. The number of amides is 1. The van der Waals surface area contributed by atoms with Crippen molar-refractivity contribution in [1.29, 1.82) is 0 Å². The maximum Gasteiger partial charge on any atom is 0.394 e. The van der Waals surface area contributed by atoms with Crippen molar-refractivity contribution in [3.05, 3.63) is 48.0 Å². The standard InChI is InChI=1S/C18H16F3NO3/c19-18(20,21)15-10-22(9-14(15)17(24)25)16(23)8-12-6-3-5-11-4-1-2-7-13(11)12/h1-7,14-15H,8-10H2,(H,24,25)/t14-,15-/m1/s1. The zero-order chi connectivity index (χ0) is 18.2. The summed E-state index contributed by atoms with van der Waals surface area (Å²) in [4.78, 5) is 24.6. The third-order valence-electron chi connectivity index (χ3n) is 4.63. The number of hydrogen-bond donors (Lipinski definition) is 1. The van der Waals surface area contributed by atoms with Crippen LogP contribution in [0.4, 0.5) is 13.2 Å². The van der Waals surface area contributed by atoms with Crippen LogP contribution in [-0.2, 0) is 16.0 Å². The molecule has 1 fully saturated rings. The highest BCUT2D eigenvalue weighted by Gasteiger charge is 2.53. The SMILES string of the molecule is O=C(O)[C@@H]1CN(C(=O)Cc2cccc3ccccc23)C[C@H]1C(F)(F)F. The van der Waals surface area contributed by atoms with Crippen molar-refractivity contribution in [3.8, 4) is 0 Å². The molecule has 1 N–H and O–H groups in total. The number of carboxylic acid groups (broad SMARTS) is 1. The van der Waals surface area contributed by atoms with E-state index < -0.39 is 43.0 Å². The molecular weight excluding hydrogens is 335 g/mol. The molecule has 3 rings (SSSR count). The van der Waals surface area contributed by atoms with Gasteiger partial charge in [0.25, 0.3) is 0 Å². The number of nitrogens with zero attached hydrogens (tertiary/aromatic N) is 1. The fourth-order valence-electron chi connectivity index (χ4n) is 3.31. The first-order chi connectivity index (χ1) is 11.8. The van der Waals surface area contributed by atoms with Gasteiger partial charge in [-0.25, -0.2) is 0 Å². The lowest BCUT2D eigenvalue weighted by molar-refractivity contribution is -0.188. The van der Waals surface area contributed by atoms with Gasteiger partial charge in [-0.15, -0.1) is 0 Å². The van der Waals surface area contributed by atoms with Gasteiger partial charge >= 0.3 is 12.1 Å². The number of rotatable bonds is 3. The first-order valence-electron chi connectivity index (χ1n) is 7.81. The van der Waals surface area contributed by atoms with Gasteiger partial charge in [0.15, 0.2) is 0 Å². The normalized spacial score (nSPS) is 20.8. The lowest BCUT2D eigenvalue weighted by Crippen LogP contribution is -2.34. The van der Waals surface area contributed by atoms with Gasteiger partial charge in [0, 0.05) is 13.1 Å². The number of halogens is 3. The number of carbonyl (C=O) groups is 2. The second kappa shape index (κ2) is 6.38. The first-order valence-corrected chi connectivity index (χ1v) is 7.81. The number of likely N-dealkylation sites (tertiary alicyclic amines) is 1. The van der Waals surface area contributed by atoms with Gasteiger partial charge in [0.05, 0.1) is 18.3 Å². The third kappa shape index (κ3) is 3.45. The highest BCUT2D eigenvalue weighted by molar-refractivity contribution is 5.90. The van der Waals surface area contributed by atoms with Crippen LogP contribution in [0.5, 0.6) is 0 Å². The number of carbonyl (C=O) groups excluding carboxylic acids is 1. The summed E-state index contributed by atoms with van der Waals surface area (Å²) in [5.41, 5.74) is 0.713. The van der Waals surface area contributed by atoms with E-state index in [4.69, 9.17) is 5.11 Å². The lowest BCUT2D eigenvalue weighted by Gasteiger charge is -2.18. The number of carboxylic acids is 1. The molecule has 132 valence electrons. The average Bonchev–Trinajstić information content (AvgIpc) is 3.01. The summed E-state index contributed by atoms with van der Waals surface area (Å²) in [6.45, 7) is -1.02. The van der Waals surface area contributed by atoms with Crippen LogP contribution in [0.3, 0.4) is 0 Å². The summed E-state index contributed by atoms with van der Waals surface area (Å²) < 4.78 is 39.1. The Hall–Kier alpha value is -2.57. The van der Waals surface area contributed by atoms with Crippen LogP contribution < -0.4 is 0 Å². The first kappa shape index (κ1) is 17.3. The van der Waals surface area contributed by atoms with Crippen molar-refractivity contribution in [2.24, 2.45) is 11.8 Å². The minimum atomic E-state index is -4.64. The van der Waals surface area contributed by atoms with Crippen molar-refractivity contribution in [1.82, 2.24) is 4.90 Å². The molecule has 0 aromatic heterocycles. The van der Waals surface area contributed by atoms with Crippen molar-refractivity contribution < 1.29 is 27.9 Å². The maximum absolute atomic E-state index is 13.0. The van der Waals surface area contributed by atoms with Crippen molar-refractivity contribution in [2.75, 3.05) is 13.1 Å². The predicted octanol–water partition coefficient (Wildman–Crippen LogP) is 3.10. The van der Waals surface area contributed by atoms with Crippen LogP contribution in [-0.4, -0.2) is 41.1 Å². The smallest absolute Gasteiger partial charge is 0.394 e. The van der Waals surface area contributed by atoms with Crippen LogP contribution in [0.2, 0.25) is 0 Å². The predicted molar refractivity (Wildman–Crippen MR) is 84.9 cm³/mol. The van der Waals surface area contributed by atoms with Crippen LogP contribution in [0.25, 0.3) is 10.8 Å². The minimum Gasteiger partial charge on any atom is -0.481 e. The average molecular weight is 351 g/mol. The number of benzene rings is 2. The molecule has 25 heavy (non-hydrogen) atoms. The molecule has 1 aliphatic heterocycles. The van der Waals surface area contributed by atoms with Crippen LogP contribution >= 0.6 is 0 Å². The second-order valence-corrected chi connectivity index (χ2v) is 6.21. The van der Waals surface area contributed by atoms with E-state index >= 15 is 0 Å². The lowest BCUT2D eigenvalue weighted by atomic mass is 9.96. The van der Waals surface area contributed by atoms with E-state index in [9.17, 15) is 22.8 Å². The van der Waals surface area contributed by atoms with Crippen molar-refractivity contribution in [2.45, 2.75) is 12.6 Å². The fraction of sp³-hybridized carbons (Fsp3) is 0.333. The van der Waals surface area contributed by atoms with E-state index in [0.29, 0.717) is 5.56 Å². The molecular formula is C18H16F3NO3. The van der Waals surface area contributed by atoms with Crippen LogP contribution in [0, 0.1) is 11.8 Å². The summed E-state index contributed by atoms with van der Waals surface area (Å²) in [5.74, 6) is -5.66. The van der Waals surface area contributed by atoms with Gasteiger partial charge in [-0.05, 0) is 16.3 Å². The Morgan fingerprint density at radius 2 is 1.76 bits per heavy atom. The summed E-state index contributed by atoms with van der Waals surface area (Å²) in [6.07, 6.45) is -4.70. The number of alkyl halides is 3. The Kier molecular flexibility index (Phi) is 4.41. The van der Waals surface area contributed by atoms with E-state index in [-0.39, 0.29) is 6.42 Å². The molecule has 2 atom stereocenters. The Morgan fingerprint density at radius 3 is 2.40 bits per heavy atom. The fourth-order valence-corrected chi connectivity index (χ4v) is 3.31. The molecule has 2 aromatic rings. The van der Waals surface area contributed by atoms with E-state index in [1.807, 2.05) is 30.3 Å². The van der Waals surface area contributed by atoms with Crippen molar-refractivity contribution >= 4 is 22.6 Å². The molecule has 0 aliphatic carbocycles. The van der Waals surface area contributed by atoms with Crippen molar-refractivity contribution in [3.63, 3.8) is 0 Å². The highest BCUT2D eigenvalue weighted by Crippen LogP contribution is 2.38. The monoisotopic (exact) mass is 351 g/mol. The molecule has 0 unspecified atom stereocenters. The quantitative estimate of drug-likeness (QED) is 0.924. The Balaban J connectivity index is 1.81. The molecule has 0 spiro atoms. The molecule has 0 bridgehead atoms. The molecule has 0 radical (unpaired) electrons. The number of aliphatic carboxylic acids is 1. The van der Waals surface area contributed by atoms with E-state index in [2.05, 4.69) is 0 Å². The molecule has 1 heterocycles. The maximum atomic E-state index is 13.0. The molecule has 1 aliphatic rings. The molecule has 1 saturated heterocycles. The molecule has 4 nitrogen and oxygen atoms in total. The van der Waals surface area contributed by atoms with Gasteiger partial charge in [-0.2, -0.15) is 13.2 Å². The Morgan fingerprint density at radius 1 is 1.08 bits per heavy atom. The molecule has 7 heteroatoms. The summed E-state index contributed by atoms with van der Waals surface area (Å²) in [5, 5.41) is 10.8. The van der Waals surface area contributed by atoms with E-state index in [1.54, 1.807) is 12.1 Å². The zero-order valence-corrected chi connectivity index (χ0v) is 13.2. The molecule has 1 amide bonds. The summed E-state index contributed by atoms with van der Waals surface area (Å²) in [6, 6.07) is 12.9. The van der Waals surface area contributed by atoms with E-state index in [1.165, 1.54) is 0 Å². The highest BCUT2D eigenvalue weighted by atomic mass is 19.4. The van der Waals surface area contributed by atoms with Gasteiger partial charge in [-0.3, -0.25) is 9.59 Å². The summed E-state index contributed by atoms with van der Waals surface area (Å²) >= 11 is 0. The Bertz CT molecular complexity index is 813. The topological polar surface area (TPSA) is 57.6 Å². The van der Waals surface area contributed by atoms with Gasteiger partial charge in [-0.1, -0.05) is 42.5 Å². The van der Waals surface area contributed by atoms with Gasteiger partial charge in [0.1, 0.15) is 0 Å². The third-order valence-corrected chi connectivity index (χ3v) is 4.63. The van der Waals surface area contributed by atoms with Crippen LogP contribution in [0.1, 0.15) is 5.56 Å². The van der Waals surface area contributed by atoms with E-state index in [0.717, 1.165) is 15.7 Å². The zero-order valence-electron chi connectivity index (χ0n) is 13.2. The van der Waals surface area contributed by atoms with Gasteiger partial charge in [0.2, 0.25) is 5.91 Å². The second-order valence-electron chi connectivity index (χ2n) is 6.21. The summed E-state index contributed by atoms with van der Waals surface area (Å²) in [7, 11) is 0. The molecule has 0 saturated carbocycles. The largest absolute Gasteiger partial charge is 0.481 e. The number of fused-ring (bicyclic) bond motifs is 1. The molecule has 2 aromatic carbocycles. The van der Waals surface area contributed by atoms with Gasteiger partial charge < -0.3 is 10.0 Å². The minimum absolute atomic E-state index is 0.0573. The van der Waals surface area contributed by atoms with Crippen LogP contribution in [0.15, 0.2) is 42.5 Å².